The predicted octanol–water partition coefficient (Wildman–Crippen LogP) is 5.42. The molecule has 3 aromatic carbocycles. The topological polar surface area (TPSA) is 45.6 Å². The van der Waals surface area contributed by atoms with Gasteiger partial charge in [-0.2, -0.15) is 10.1 Å². The third-order valence-corrected chi connectivity index (χ3v) is 5.09. The smallest absolute Gasteiger partial charge is 0.267 e. The summed E-state index contributed by atoms with van der Waals surface area (Å²) in [5, 5.41) is 6.03. The molecular formula is C22H16FN3OS. The standard InChI is InChI=1S/C22H16FN3OS/c1-15-10-11-19-20(12-15)28-22(25-19)26(24-14-16-6-3-2-4-7-16)21(27)17-8-5-9-18(23)13-17/h2-14H,1H3/b24-14+. The monoisotopic (exact) mass is 389 g/mol. The minimum Gasteiger partial charge on any atom is -0.267 e. The SMILES string of the molecule is Cc1ccc2nc(N(/N=C/c3ccccc3)C(=O)c3cccc(F)c3)sc2c1. The summed E-state index contributed by atoms with van der Waals surface area (Å²) in [4.78, 5) is 17.6. The van der Waals surface area contributed by atoms with Crippen LogP contribution in [0, 0.1) is 12.7 Å². The number of amides is 1. The summed E-state index contributed by atoms with van der Waals surface area (Å²) in [6, 6.07) is 20.9. The zero-order valence-electron chi connectivity index (χ0n) is 15.0. The maximum Gasteiger partial charge on any atom is 0.280 e. The molecular weight excluding hydrogens is 373 g/mol. The first-order valence-electron chi connectivity index (χ1n) is 8.66. The number of fused-ring (bicyclic) bond motifs is 1. The second-order valence-electron chi connectivity index (χ2n) is 6.25. The van der Waals surface area contributed by atoms with Gasteiger partial charge in [0.25, 0.3) is 5.91 Å². The van der Waals surface area contributed by atoms with Crippen molar-refractivity contribution in [3.63, 3.8) is 0 Å². The lowest BCUT2D eigenvalue weighted by atomic mass is 10.2. The van der Waals surface area contributed by atoms with Gasteiger partial charge in [-0.15, -0.1) is 0 Å². The number of carbonyl (C=O) groups is 1. The van der Waals surface area contributed by atoms with E-state index in [2.05, 4.69) is 10.1 Å². The molecule has 28 heavy (non-hydrogen) atoms. The number of nitrogens with zero attached hydrogens (tertiary/aromatic N) is 3. The normalized spacial score (nSPS) is 11.2. The lowest BCUT2D eigenvalue weighted by molar-refractivity contribution is 0.0987. The van der Waals surface area contributed by atoms with Gasteiger partial charge in [-0.3, -0.25) is 4.79 Å². The first kappa shape index (κ1) is 18.0. The van der Waals surface area contributed by atoms with Crippen LogP contribution in [0.2, 0.25) is 0 Å². The first-order valence-corrected chi connectivity index (χ1v) is 9.48. The van der Waals surface area contributed by atoms with Crippen LogP contribution in [0.1, 0.15) is 21.5 Å². The molecule has 0 aliphatic rings. The Morgan fingerprint density at radius 3 is 2.68 bits per heavy atom. The van der Waals surface area contributed by atoms with Gasteiger partial charge in [0.2, 0.25) is 5.13 Å². The van der Waals surface area contributed by atoms with Gasteiger partial charge in [0.15, 0.2) is 0 Å². The quantitative estimate of drug-likeness (QED) is 0.345. The number of halogens is 1. The average Bonchev–Trinajstić information content (AvgIpc) is 3.11. The maximum atomic E-state index is 13.6. The Kier molecular flexibility index (Phi) is 4.95. The van der Waals surface area contributed by atoms with Gasteiger partial charge in [0.1, 0.15) is 5.82 Å². The van der Waals surface area contributed by atoms with E-state index >= 15 is 0 Å². The number of anilines is 1. The third kappa shape index (κ3) is 3.82. The van der Waals surface area contributed by atoms with Crippen molar-refractivity contribution >= 4 is 38.8 Å². The molecule has 4 rings (SSSR count). The molecule has 4 aromatic rings. The summed E-state index contributed by atoms with van der Waals surface area (Å²) in [7, 11) is 0. The summed E-state index contributed by atoms with van der Waals surface area (Å²) in [6.07, 6.45) is 1.59. The lowest BCUT2D eigenvalue weighted by Crippen LogP contribution is -2.25. The van der Waals surface area contributed by atoms with Gasteiger partial charge < -0.3 is 0 Å². The van der Waals surface area contributed by atoms with Crippen LogP contribution in [-0.2, 0) is 0 Å². The van der Waals surface area contributed by atoms with Crippen LogP contribution in [0.4, 0.5) is 9.52 Å². The Balaban J connectivity index is 1.77. The Bertz CT molecular complexity index is 1170. The molecule has 1 aromatic heterocycles. The van der Waals surface area contributed by atoms with E-state index in [-0.39, 0.29) is 5.56 Å². The van der Waals surface area contributed by atoms with Crippen molar-refractivity contribution < 1.29 is 9.18 Å². The fourth-order valence-corrected chi connectivity index (χ4v) is 3.73. The van der Waals surface area contributed by atoms with E-state index in [1.54, 1.807) is 12.3 Å². The van der Waals surface area contributed by atoms with Crippen molar-refractivity contribution in [2.24, 2.45) is 5.10 Å². The molecule has 0 unspecified atom stereocenters. The highest BCUT2D eigenvalue weighted by molar-refractivity contribution is 7.22. The van der Waals surface area contributed by atoms with Crippen LogP contribution in [0.3, 0.4) is 0 Å². The number of carbonyl (C=O) groups excluding carboxylic acids is 1. The van der Waals surface area contributed by atoms with Crippen molar-refractivity contribution in [2.75, 3.05) is 5.01 Å². The van der Waals surface area contributed by atoms with Gasteiger partial charge in [0.05, 0.1) is 16.4 Å². The molecule has 1 amide bonds. The number of aromatic nitrogens is 1. The van der Waals surface area contributed by atoms with E-state index in [4.69, 9.17) is 0 Å². The van der Waals surface area contributed by atoms with Crippen LogP contribution in [0.25, 0.3) is 10.2 Å². The van der Waals surface area contributed by atoms with Gasteiger partial charge in [0, 0.05) is 5.56 Å². The molecule has 0 fully saturated rings. The third-order valence-electron chi connectivity index (χ3n) is 4.10. The van der Waals surface area contributed by atoms with E-state index in [0.717, 1.165) is 21.3 Å². The first-order chi connectivity index (χ1) is 13.6. The summed E-state index contributed by atoms with van der Waals surface area (Å²) >= 11 is 1.37. The molecule has 0 saturated heterocycles. The van der Waals surface area contributed by atoms with E-state index in [0.29, 0.717) is 5.13 Å². The number of thiazole rings is 1. The molecule has 0 N–H and O–H groups in total. The van der Waals surface area contributed by atoms with Gasteiger partial charge in [-0.25, -0.2) is 9.37 Å². The van der Waals surface area contributed by atoms with E-state index in [9.17, 15) is 9.18 Å². The number of hydrogen-bond acceptors (Lipinski definition) is 4. The number of benzene rings is 3. The predicted molar refractivity (Wildman–Crippen MR) is 112 cm³/mol. The fourth-order valence-electron chi connectivity index (χ4n) is 2.71. The average molecular weight is 389 g/mol. The second-order valence-corrected chi connectivity index (χ2v) is 7.26. The number of rotatable bonds is 4. The number of hydrazone groups is 1. The van der Waals surface area contributed by atoms with Crippen LogP contribution in [-0.4, -0.2) is 17.1 Å². The Morgan fingerprint density at radius 1 is 1.07 bits per heavy atom. The highest BCUT2D eigenvalue weighted by atomic mass is 32.1. The van der Waals surface area contributed by atoms with E-state index in [1.807, 2.05) is 55.5 Å². The molecule has 0 radical (unpaired) electrons. The lowest BCUT2D eigenvalue weighted by Gasteiger charge is -2.13. The molecule has 138 valence electrons. The van der Waals surface area contributed by atoms with E-state index in [1.165, 1.54) is 34.5 Å². The van der Waals surface area contributed by atoms with Crippen molar-refractivity contribution in [3.8, 4) is 0 Å². The van der Waals surface area contributed by atoms with Crippen molar-refractivity contribution in [1.29, 1.82) is 0 Å². The molecule has 0 spiro atoms. The number of aryl methyl sites for hydroxylation is 1. The Labute approximate surface area is 165 Å². The molecule has 4 nitrogen and oxygen atoms in total. The number of hydrogen-bond donors (Lipinski definition) is 0. The van der Waals surface area contributed by atoms with Gasteiger partial charge in [-0.1, -0.05) is 53.8 Å². The van der Waals surface area contributed by atoms with Gasteiger partial charge in [-0.05, 0) is 48.4 Å². The van der Waals surface area contributed by atoms with Crippen molar-refractivity contribution in [2.45, 2.75) is 6.92 Å². The Hall–Kier alpha value is -3.38. The van der Waals surface area contributed by atoms with Crippen LogP contribution >= 0.6 is 11.3 Å². The summed E-state index contributed by atoms with van der Waals surface area (Å²) in [5.74, 6) is -0.916. The van der Waals surface area contributed by atoms with Crippen molar-refractivity contribution in [3.05, 3.63) is 95.3 Å². The van der Waals surface area contributed by atoms with Crippen LogP contribution in [0.15, 0.2) is 77.9 Å². The molecule has 0 aliphatic heterocycles. The summed E-state index contributed by atoms with van der Waals surface area (Å²) in [5.41, 5.74) is 2.95. The molecule has 0 aliphatic carbocycles. The van der Waals surface area contributed by atoms with Gasteiger partial charge >= 0.3 is 0 Å². The maximum absolute atomic E-state index is 13.6. The van der Waals surface area contributed by atoms with Crippen molar-refractivity contribution in [1.82, 2.24) is 4.98 Å². The molecule has 6 heteroatoms. The van der Waals surface area contributed by atoms with E-state index < -0.39 is 11.7 Å². The minimum absolute atomic E-state index is 0.209. The highest BCUT2D eigenvalue weighted by Crippen LogP contribution is 2.30. The molecule has 0 bridgehead atoms. The fraction of sp³-hybridized carbons (Fsp3) is 0.0455. The minimum atomic E-state index is -0.474. The summed E-state index contributed by atoms with van der Waals surface area (Å²) in [6.45, 7) is 2.00. The van der Waals surface area contributed by atoms with Crippen LogP contribution in [0.5, 0.6) is 0 Å². The Morgan fingerprint density at radius 2 is 1.89 bits per heavy atom. The summed E-state index contributed by atoms with van der Waals surface area (Å²) < 4.78 is 14.6. The zero-order valence-corrected chi connectivity index (χ0v) is 15.9. The van der Waals surface area contributed by atoms with Crippen LogP contribution < -0.4 is 5.01 Å². The zero-order chi connectivity index (χ0) is 19.5. The largest absolute Gasteiger partial charge is 0.280 e. The second kappa shape index (κ2) is 7.70. The molecule has 0 saturated carbocycles. The molecule has 1 heterocycles. The highest BCUT2D eigenvalue weighted by Gasteiger charge is 2.21. The molecule has 0 atom stereocenters.